The van der Waals surface area contributed by atoms with Crippen molar-refractivity contribution in [1.29, 1.82) is 0 Å². The number of hydrogen-bond acceptors (Lipinski definition) is 4. The van der Waals surface area contributed by atoms with Gasteiger partial charge in [0, 0.05) is 17.5 Å². The molecule has 1 aromatic carbocycles. The van der Waals surface area contributed by atoms with E-state index in [1.54, 1.807) is 0 Å². The second-order valence-corrected chi connectivity index (χ2v) is 8.98. The topological polar surface area (TPSA) is 44.2 Å². The Morgan fingerprint density at radius 2 is 1.55 bits per heavy atom. The Labute approximate surface area is 185 Å². The average molecular weight is 412 g/mol. The standard InChI is InChI=1S/C26H29BN2O2/c1-6-7-9-22-10-8-11-24(29-22)23-17-14-20(18-28-23)19-12-15-21(16-13-19)27-30-25(2,3)26(4,5)31-27/h6,8,10-18H,1,7,9H2,2-5H3. The first-order chi connectivity index (χ1) is 14.8. The highest BCUT2D eigenvalue weighted by Crippen LogP contribution is 2.36. The fourth-order valence-electron chi connectivity index (χ4n) is 3.54. The van der Waals surface area contributed by atoms with E-state index < -0.39 is 0 Å². The first-order valence-corrected chi connectivity index (χ1v) is 10.8. The molecular weight excluding hydrogens is 383 g/mol. The van der Waals surface area contributed by atoms with Gasteiger partial charge in [0.25, 0.3) is 0 Å². The van der Waals surface area contributed by atoms with Gasteiger partial charge in [-0.15, -0.1) is 6.58 Å². The maximum atomic E-state index is 6.15. The molecule has 0 atom stereocenters. The Balaban J connectivity index is 1.49. The molecule has 2 aromatic heterocycles. The maximum absolute atomic E-state index is 6.15. The Bertz CT molecular complexity index is 1040. The molecule has 0 saturated carbocycles. The molecule has 0 bridgehead atoms. The SMILES string of the molecule is C=CCCc1cccc(-c2ccc(-c3ccc(B4OC(C)(C)C(C)(C)O4)cc3)cn2)n1. The number of rotatable bonds is 6. The number of pyridine rings is 2. The summed E-state index contributed by atoms with van der Waals surface area (Å²) in [4.78, 5) is 9.38. The summed E-state index contributed by atoms with van der Waals surface area (Å²) in [6.45, 7) is 12.1. The number of hydrogen-bond donors (Lipinski definition) is 0. The monoisotopic (exact) mass is 412 g/mol. The van der Waals surface area contributed by atoms with Gasteiger partial charge in [-0.1, -0.05) is 42.5 Å². The predicted molar refractivity (Wildman–Crippen MR) is 127 cm³/mol. The summed E-state index contributed by atoms with van der Waals surface area (Å²) < 4.78 is 12.3. The largest absolute Gasteiger partial charge is 0.494 e. The average Bonchev–Trinajstić information content (AvgIpc) is 2.99. The first-order valence-electron chi connectivity index (χ1n) is 10.8. The molecule has 158 valence electrons. The number of aromatic nitrogens is 2. The summed E-state index contributed by atoms with van der Waals surface area (Å²) in [5, 5.41) is 0. The van der Waals surface area contributed by atoms with Gasteiger partial charge in [-0.3, -0.25) is 9.97 Å². The molecule has 1 aliphatic heterocycles. The number of benzene rings is 1. The van der Waals surface area contributed by atoms with E-state index >= 15 is 0 Å². The van der Waals surface area contributed by atoms with Gasteiger partial charge in [-0.2, -0.15) is 0 Å². The summed E-state index contributed by atoms with van der Waals surface area (Å²) in [6.07, 6.45) is 5.63. The molecular formula is C26H29BN2O2. The zero-order chi connectivity index (χ0) is 22.1. The molecule has 1 aliphatic rings. The molecule has 4 rings (SSSR count). The molecule has 1 fully saturated rings. The van der Waals surface area contributed by atoms with Gasteiger partial charge in [-0.25, -0.2) is 0 Å². The maximum Gasteiger partial charge on any atom is 0.494 e. The zero-order valence-electron chi connectivity index (χ0n) is 18.8. The quantitative estimate of drug-likeness (QED) is 0.411. The van der Waals surface area contributed by atoms with Crippen molar-refractivity contribution in [3.63, 3.8) is 0 Å². The van der Waals surface area contributed by atoms with Crippen LogP contribution in [0.3, 0.4) is 0 Å². The lowest BCUT2D eigenvalue weighted by atomic mass is 9.78. The molecule has 0 amide bonds. The molecule has 4 nitrogen and oxygen atoms in total. The molecule has 0 aliphatic carbocycles. The third kappa shape index (κ3) is 4.48. The summed E-state index contributed by atoms with van der Waals surface area (Å²) in [6, 6.07) is 18.5. The molecule has 31 heavy (non-hydrogen) atoms. The normalized spacial score (nSPS) is 17.0. The zero-order valence-corrected chi connectivity index (χ0v) is 18.8. The van der Waals surface area contributed by atoms with Gasteiger partial charge in [0.1, 0.15) is 0 Å². The molecule has 5 heteroatoms. The minimum Gasteiger partial charge on any atom is -0.399 e. The molecule has 3 aromatic rings. The fourth-order valence-corrected chi connectivity index (χ4v) is 3.54. The summed E-state index contributed by atoms with van der Waals surface area (Å²) in [7, 11) is -0.348. The van der Waals surface area contributed by atoms with Crippen LogP contribution in [0.15, 0.2) is 73.4 Å². The van der Waals surface area contributed by atoms with E-state index in [1.165, 1.54) is 0 Å². The third-order valence-electron chi connectivity index (χ3n) is 6.21. The van der Waals surface area contributed by atoms with Gasteiger partial charge in [-0.05, 0) is 69.8 Å². The molecule has 1 saturated heterocycles. The predicted octanol–water partition coefficient (Wildman–Crippen LogP) is 5.23. The van der Waals surface area contributed by atoms with Crippen molar-refractivity contribution < 1.29 is 9.31 Å². The van der Waals surface area contributed by atoms with Crippen LogP contribution in [0.4, 0.5) is 0 Å². The lowest BCUT2D eigenvalue weighted by Crippen LogP contribution is -2.41. The number of aryl methyl sites for hydroxylation is 1. The van der Waals surface area contributed by atoms with E-state index in [2.05, 4.69) is 69.6 Å². The van der Waals surface area contributed by atoms with Crippen LogP contribution >= 0.6 is 0 Å². The van der Waals surface area contributed by atoms with Crippen LogP contribution in [0, 0.1) is 0 Å². The van der Waals surface area contributed by atoms with Crippen LogP contribution in [0.25, 0.3) is 22.5 Å². The van der Waals surface area contributed by atoms with Gasteiger partial charge >= 0.3 is 7.12 Å². The lowest BCUT2D eigenvalue weighted by Gasteiger charge is -2.32. The highest BCUT2D eigenvalue weighted by atomic mass is 16.7. The van der Waals surface area contributed by atoms with Crippen LogP contribution in [-0.2, 0) is 15.7 Å². The molecule has 0 N–H and O–H groups in total. The Kier molecular flexibility index (Phi) is 5.82. The van der Waals surface area contributed by atoms with Crippen molar-refractivity contribution in [1.82, 2.24) is 9.97 Å². The van der Waals surface area contributed by atoms with E-state index in [0.29, 0.717) is 0 Å². The molecule has 0 spiro atoms. The van der Waals surface area contributed by atoms with Gasteiger partial charge in [0.05, 0.1) is 22.6 Å². The van der Waals surface area contributed by atoms with Crippen molar-refractivity contribution >= 4 is 12.6 Å². The highest BCUT2D eigenvalue weighted by Gasteiger charge is 2.51. The number of nitrogens with zero attached hydrogens (tertiary/aromatic N) is 2. The summed E-state index contributed by atoms with van der Waals surface area (Å²) in [5.74, 6) is 0. The van der Waals surface area contributed by atoms with Gasteiger partial charge in [0.2, 0.25) is 0 Å². The van der Waals surface area contributed by atoms with Crippen molar-refractivity contribution in [3.05, 3.63) is 79.1 Å². The molecule has 0 unspecified atom stereocenters. The minimum atomic E-state index is -0.348. The van der Waals surface area contributed by atoms with E-state index in [1.807, 2.05) is 36.5 Å². The van der Waals surface area contributed by atoms with E-state index in [9.17, 15) is 0 Å². The Morgan fingerprint density at radius 1 is 0.871 bits per heavy atom. The van der Waals surface area contributed by atoms with Crippen LogP contribution in [0.5, 0.6) is 0 Å². The van der Waals surface area contributed by atoms with Crippen LogP contribution in [0.2, 0.25) is 0 Å². The van der Waals surface area contributed by atoms with Crippen molar-refractivity contribution in [3.8, 4) is 22.5 Å². The highest BCUT2D eigenvalue weighted by molar-refractivity contribution is 6.62. The third-order valence-corrected chi connectivity index (χ3v) is 6.21. The second kappa shape index (κ2) is 8.41. The summed E-state index contributed by atoms with van der Waals surface area (Å²) in [5.41, 5.74) is 5.33. The van der Waals surface area contributed by atoms with E-state index in [4.69, 9.17) is 14.3 Å². The van der Waals surface area contributed by atoms with E-state index in [0.717, 1.165) is 46.5 Å². The van der Waals surface area contributed by atoms with Crippen molar-refractivity contribution in [2.45, 2.75) is 51.7 Å². The minimum absolute atomic E-state index is 0.340. The fraction of sp³-hybridized carbons (Fsp3) is 0.308. The summed E-state index contributed by atoms with van der Waals surface area (Å²) >= 11 is 0. The van der Waals surface area contributed by atoms with E-state index in [-0.39, 0.29) is 18.3 Å². The van der Waals surface area contributed by atoms with Gasteiger partial charge < -0.3 is 9.31 Å². The molecule has 0 radical (unpaired) electrons. The lowest BCUT2D eigenvalue weighted by molar-refractivity contribution is 0.00578. The van der Waals surface area contributed by atoms with Crippen LogP contribution in [0.1, 0.15) is 39.8 Å². The first kappa shape index (κ1) is 21.5. The van der Waals surface area contributed by atoms with Crippen LogP contribution < -0.4 is 5.46 Å². The second-order valence-electron chi connectivity index (χ2n) is 8.98. The van der Waals surface area contributed by atoms with Gasteiger partial charge in [0.15, 0.2) is 0 Å². The van der Waals surface area contributed by atoms with Crippen LogP contribution in [-0.4, -0.2) is 28.3 Å². The smallest absolute Gasteiger partial charge is 0.399 e. The Morgan fingerprint density at radius 3 is 2.16 bits per heavy atom. The van der Waals surface area contributed by atoms with Crippen molar-refractivity contribution in [2.75, 3.05) is 0 Å². The number of allylic oxidation sites excluding steroid dienone is 1. The van der Waals surface area contributed by atoms with Crippen molar-refractivity contribution in [2.24, 2.45) is 0 Å². The Hall–Kier alpha value is -2.76. The molecule has 3 heterocycles.